The number of halogens is 3. The van der Waals surface area contributed by atoms with Crippen molar-refractivity contribution in [1.82, 2.24) is 0 Å². The van der Waals surface area contributed by atoms with Crippen LogP contribution in [0.25, 0.3) is 0 Å². The molecule has 0 aliphatic heterocycles. The van der Waals surface area contributed by atoms with Crippen LogP contribution in [0.2, 0.25) is 0 Å². The van der Waals surface area contributed by atoms with E-state index in [0.717, 1.165) is 7.48 Å². The Morgan fingerprint density at radius 1 is 1.21 bits per heavy atom. The quantitative estimate of drug-likeness (QED) is 0.738. The molecule has 0 heterocycles. The molecule has 2 nitrogen and oxygen atoms in total. The lowest BCUT2D eigenvalue weighted by molar-refractivity contribution is -0.153. The third kappa shape index (κ3) is 3.70. The average molecular weight is 203 g/mol. The second-order valence-corrected chi connectivity index (χ2v) is 2.60. The number of benzene rings is 1. The van der Waals surface area contributed by atoms with Crippen molar-refractivity contribution in [2.75, 3.05) is 6.61 Å². The maximum Gasteiger partial charge on any atom is 0.422 e. The maximum absolute atomic E-state index is 11.7. The molecular formula is C8H7BF3O2. The van der Waals surface area contributed by atoms with Crippen molar-refractivity contribution in [1.29, 1.82) is 0 Å². The highest BCUT2D eigenvalue weighted by molar-refractivity contribution is 6.45. The van der Waals surface area contributed by atoms with E-state index < -0.39 is 12.8 Å². The molecule has 1 radical (unpaired) electrons. The summed E-state index contributed by atoms with van der Waals surface area (Å²) in [4.78, 5) is 0. The SMILES string of the molecule is O[B]c1ccc(OCC(F)(F)F)cc1. The largest absolute Gasteiger partial charge is 0.484 e. The monoisotopic (exact) mass is 203 g/mol. The zero-order chi connectivity index (χ0) is 10.6. The van der Waals surface area contributed by atoms with Gasteiger partial charge < -0.3 is 9.76 Å². The molecule has 0 atom stereocenters. The Kier molecular flexibility index (Phi) is 3.40. The molecular weight excluding hydrogens is 196 g/mol. The first-order chi connectivity index (χ1) is 6.51. The zero-order valence-electron chi connectivity index (χ0n) is 7.08. The predicted octanol–water partition coefficient (Wildman–Crippen LogP) is 0.864. The van der Waals surface area contributed by atoms with Gasteiger partial charge in [0.2, 0.25) is 0 Å². The molecule has 0 amide bonds. The van der Waals surface area contributed by atoms with E-state index in [1.165, 1.54) is 24.3 Å². The molecule has 0 unspecified atom stereocenters. The van der Waals surface area contributed by atoms with E-state index in [1.54, 1.807) is 0 Å². The van der Waals surface area contributed by atoms with Crippen LogP contribution in [0.15, 0.2) is 24.3 Å². The lowest BCUT2D eigenvalue weighted by atomic mass is 9.89. The summed E-state index contributed by atoms with van der Waals surface area (Å²) in [6.45, 7) is -1.31. The summed E-state index contributed by atoms with van der Waals surface area (Å²) in [6, 6.07) is 5.61. The van der Waals surface area contributed by atoms with Gasteiger partial charge in [0, 0.05) is 0 Å². The topological polar surface area (TPSA) is 29.5 Å². The molecule has 1 aromatic carbocycles. The van der Waals surface area contributed by atoms with Crippen LogP contribution in [0.4, 0.5) is 13.2 Å². The van der Waals surface area contributed by atoms with Gasteiger partial charge in [0.1, 0.15) is 5.75 Å². The van der Waals surface area contributed by atoms with Gasteiger partial charge in [-0.25, -0.2) is 0 Å². The summed E-state index contributed by atoms with van der Waals surface area (Å²) < 4.78 is 39.6. The van der Waals surface area contributed by atoms with Gasteiger partial charge in [0.05, 0.1) is 0 Å². The van der Waals surface area contributed by atoms with Gasteiger partial charge >= 0.3 is 13.7 Å². The summed E-state index contributed by atoms with van der Waals surface area (Å²) in [6.07, 6.45) is -4.33. The van der Waals surface area contributed by atoms with Crippen molar-refractivity contribution in [2.45, 2.75) is 6.18 Å². The Balaban J connectivity index is 2.52. The number of hydrogen-bond acceptors (Lipinski definition) is 2. The van der Waals surface area contributed by atoms with Crippen molar-refractivity contribution in [3.8, 4) is 5.75 Å². The lowest BCUT2D eigenvalue weighted by Gasteiger charge is -2.08. The highest BCUT2D eigenvalue weighted by Gasteiger charge is 2.28. The first-order valence-electron chi connectivity index (χ1n) is 3.78. The van der Waals surface area contributed by atoms with Gasteiger partial charge in [0.25, 0.3) is 0 Å². The van der Waals surface area contributed by atoms with Gasteiger partial charge in [-0.1, -0.05) is 17.6 Å². The third-order valence-corrected chi connectivity index (χ3v) is 1.43. The van der Waals surface area contributed by atoms with E-state index in [1.807, 2.05) is 0 Å². The molecule has 0 aliphatic rings. The van der Waals surface area contributed by atoms with Crippen LogP contribution >= 0.6 is 0 Å². The minimum absolute atomic E-state index is 0.118. The first-order valence-corrected chi connectivity index (χ1v) is 3.78. The Hall–Kier alpha value is -1.17. The fourth-order valence-electron chi connectivity index (χ4n) is 0.815. The fraction of sp³-hybridized carbons (Fsp3) is 0.250. The molecule has 1 N–H and O–H groups in total. The lowest BCUT2D eigenvalue weighted by Crippen LogP contribution is -2.19. The second-order valence-electron chi connectivity index (χ2n) is 2.60. The molecule has 0 spiro atoms. The number of alkyl halides is 3. The normalized spacial score (nSPS) is 11.1. The molecule has 0 bridgehead atoms. The highest BCUT2D eigenvalue weighted by Crippen LogP contribution is 2.17. The van der Waals surface area contributed by atoms with Crippen LogP contribution in [0.1, 0.15) is 0 Å². The van der Waals surface area contributed by atoms with Gasteiger partial charge in [-0.2, -0.15) is 13.2 Å². The standard InChI is InChI=1S/C8H7BF3O2/c10-8(11,12)5-14-7-3-1-6(9-13)2-4-7/h1-4,13H,5H2. The van der Waals surface area contributed by atoms with Crippen molar-refractivity contribution in [3.05, 3.63) is 24.3 Å². The van der Waals surface area contributed by atoms with Crippen molar-refractivity contribution in [3.63, 3.8) is 0 Å². The molecule has 0 aromatic heterocycles. The Morgan fingerprint density at radius 3 is 2.21 bits per heavy atom. The molecule has 1 aromatic rings. The summed E-state index contributed by atoms with van der Waals surface area (Å²) in [5.74, 6) is 0.118. The van der Waals surface area contributed by atoms with Gasteiger partial charge in [-0.15, -0.1) is 0 Å². The van der Waals surface area contributed by atoms with Crippen molar-refractivity contribution >= 4 is 12.9 Å². The second kappa shape index (κ2) is 4.37. The van der Waals surface area contributed by atoms with E-state index >= 15 is 0 Å². The van der Waals surface area contributed by atoms with Crippen LogP contribution in [0.3, 0.4) is 0 Å². The third-order valence-electron chi connectivity index (χ3n) is 1.43. The van der Waals surface area contributed by atoms with Crippen LogP contribution in [-0.2, 0) is 0 Å². The molecule has 14 heavy (non-hydrogen) atoms. The average Bonchev–Trinajstić information content (AvgIpc) is 2.14. The summed E-state index contributed by atoms with van der Waals surface area (Å²) >= 11 is 0. The molecule has 0 aliphatic carbocycles. The molecule has 6 heteroatoms. The number of rotatable bonds is 3. The van der Waals surface area contributed by atoms with E-state index in [0.29, 0.717) is 5.46 Å². The van der Waals surface area contributed by atoms with Crippen LogP contribution in [-0.4, -0.2) is 25.3 Å². The Bertz CT molecular complexity index is 284. The summed E-state index contributed by atoms with van der Waals surface area (Å²) in [5, 5.41) is 8.54. The molecule has 0 saturated heterocycles. The summed E-state index contributed by atoms with van der Waals surface area (Å²) in [7, 11) is 0.855. The Labute approximate surface area is 79.6 Å². The molecule has 0 fully saturated rings. The van der Waals surface area contributed by atoms with E-state index in [2.05, 4.69) is 4.74 Å². The number of hydrogen-bond donors (Lipinski definition) is 1. The van der Waals surface area contributed by atoms with E-state index in [9.17, 15) is 13.2 Å². The van der Waals surface area contributed by atoms with Crippen molar-refractivity contribution in [2.24, 2.45) is 0 Å². The molecule has 1 rings (SSSR count). The maximum atomic E-state index is 11.7. The molecule has 75 valence electrons. The molecule has 0 saturated carbocycles. The van der Waals surface area contributed by atoms with Crippen LogP contribution in [0, 0.1) is 0 Å². The smallest absolute Gasteiger partial charge is 0.422 e. The minimum atomic E-state index is -4.33. The zero-order valence-corrected chi connectivity index (χ0v) is 7.08. The van der Waals surface area contributed by atoms with E-state index in [-0.39, 0.29) is 5.75 Å². The highest BCUT2D eigenvalue weighted by atomic mass is 19.4. The van der Waals surface area contributed by atoms with Gasteiger partial charge in [-0.05, 0) is 12.1 Å². The van der Waals surface area contributed by atoms with E-state index in [4.69, 9.17) is 5.02 Å². The predicted molar refractivity (Wildman–Crippen MR) is 45.6 cm³/mol. The van der Waals surface area contributed by atoms with Crippen LogP contribution in [0.5, 0.6) is 5.75 Å². The van der Waals surface area contributed by atoms with Gasteiger partial charge in [0.15, 0.2) is 6.61 Å². The first kappa shape index (κ1) is 10.9. The van der Waals surface area contributed by atoms with Gasteiger partial charge in [-0.3, -0.25) is 0 Å². The Morgan fingerprint density at radius 2 is 1.79 bits per heavy atom. The fourth-order valence-corrected chi connectivity index (χ4v) is 0.815. The minimum Gasteiger partial charge on any atom is -0.484 e. The number of ether oxygens (including phenoxy) is 1. The van der Waals surface area contributed by atoms with Crippen molar-refractivity contribution < 1.29 is 22.9 Å². The van der Waals surface area contributed by atoms with Crippen LogP contribution < -0.4 is 10.2 Å². The summed E-state index contributed by atoms with van der Waals surface area (Å²) in [5.41, 5.74) is 0.504.